The van der Waals surface area contributed by atoms with E-state index >= 15 is 0 Å². The number of carbonyl (C=O) groups is 2. The molecule has 0 radical (unpaired) electrons. The van der Waals surface area contributed by atoms with Gasteiger partial charge < -0.3 is 14.6 Å². The smallest absolute Gasteiger partial charge is 0.300 e. The van der Waals surface area contributed by atoms with Crippen LogP contribution in [0.25, 0.3) is 5.76 Å². The molecule has 0 aliphatic carbocycles. The minimum absolute atomic E-state index is 0.00643. The maximum atomic E-state index is 13.3. The quantitative estimate of drug-likeness (QED) is 0.304. The lowest BCUT2D eigenvalue weighted by molar-refractivity contribution is -0.132. The molecule has 1 N–H and O–H groups in total. The molecule has 0 aromatic heterocycles. The molecular weight excluding hydrogens is 430 g/mol. The van der Waals surface area contributed by atoms with Gasteiger partial charge in [0.15, 0.2) is 0 Å². The van der Waals surface area contributed by atoms with Gasteiger partial charge >= 0.3 is 0 Å². The van der Waals surface area contributed by atoms with Crippen molar-refractivity contribution in [3.8, 4) is 11.5 Å². The highest BCUT2D eigenvalue weighted by molar-refractivity contribution is 6.51. The number of methoxy groups -OCH3 is 1. The SMILES string of the molecule is COc1ccccc1N1C(=O)C(=O)/C(=C(\O)c2ccc(OC(C)C)cc2)C1c1cccc(C)c1. The minimum Gasteiger partial charge on any atom is -0.507 e. The predicted molar refractivity (Wildman–Crippen MR) is 131 cm³/mol. The lowest BCUT2D eigenvalue weighted by atomic mass is 9.94. The molecule has 1 amide bonds. The van der Waals surface area contributed by atoms with Gasteiger partial charge in [0.25, 0.3) is 11.7 Å². The second kappa shape index (κ2) is 9.43. The minimum atomic E-state index is -0.817. The third-order valence-electron chi connectivity index (χ3n) is 5.65. The summed E-state index contributed by atoms with van der Waals surface area (Å²) in [6.07, 6.45) is 0.00643. The highest BCUT2D eigenvalue weighted by Crippen LogP contribution is 2.45. The summed E-state index contributed by atoms with van der Waals surface area (Å²) in [6.45, 7) is 5.79. The summed E-state index contributed by atoms with van der Waals surface area (Å²) >= 11 is 0. The molecule has 174 valence electrons. The van der Waals surface area contributed by atoms with Crippen molar-refractivity contribution in [1.82, 2.24) is 0 Å². The van der Waals surface area contributed by atoms with Crippen LogP contribution in [-0.4, -0.2) is 30.0 Å². The van der Waals surface area contributed by atoms with Crippen LogP contribution < -0.4 is 14.4 Å². The number of anilines is 1. The number of amides is 1. The average Bonchev–Trinajstić information content (AvgIpc) is 3.09. The first kappa shape index (κ1) is 23.1. The summed E-state index contributed by atoms with van der Waals surface area (Å²) in [5.41, 5.74) is 2.59. The number of ether oxygens (including phenoxy) is 2. The lowest BCUT2D eigenvalue weighted by Crippen LogP contribution is -2.29. The average molecular weight is 458 g/mol. The number of aliphatic hydroxyl groups excluding tert-OH is 1. The van der Waals surface area contributed by atoms with E-state index < -0.39 is 17.7 Å². The van der Waals surface area contributed by atoms with Crippen LogP contribution >= 0.6 is 0 Å². The van der Waals surface area contributed by atoms with E-state index in [1.54, 1.807) is 48.5 Å². The largest absolute Gasteiger partial charge is 0.507 e. The highest BCUT2D eigenvalue weighted by atomic mass is 16.5. The molecular formula is C28H27NO5. The Balaban J connectivity index is 1.90. The van der Waals surface area contributed by atoms with Crippen molar-refractivity contribution in [2.24, 2.45) is 0 Å². The zero-order valence-corrected chi connectivity index (χ0v) is 19.6. The molecule has 6 nitrogen and oxygen atoms in total. The maximum Gasteiger partial charge on any atom is 0.300 e. The number of ketones is 1. The fraction of sp³-hybridized carbons (Fsp3) is 0.214. The van der Waals surface area contributed by atoms with E-state index in [9.17, 15) is 14.7 Å². The molecule has 1 atom stereocenters. The van der Waals surface area contributed by atoms with E-state index in [-0.39, 0.29) is 17.4 Å². The standard InChI is InChI=1S/C28H27NO5/c1-17(2)34-21-14-12-19(13-15-21)26(30)24-25(20-9-7-8-18(3)16-20)29(28(32)27(24)31)22-10-5-6-11-23(22)33-4/h5-17,25,30H,1-4H3/b26-24-. The zero-order chi connectivity index (χ0) is 24.4. The third kappa shape index (κ3) is 4.27. The number of aliphatic hydroxyl groups is 1. The van der Waals surface area contributed by atoms with Crippen LogP contribution in [0, 0.1) is 6.92 Å². The van der Waals surface area contributed by atoms with Gasteiger partial charge in [-0.05, 0) is 62.7 Å². The Morgan fingerprint density at radius 1 is 0.971 bits per heavy atom. The first-order valence-electron chi connectivity index (χ1n) is 11.1. The summed E-state index contributed by atoms with van der Waals surface area (Å²) in [7, 11) is 1.51. The van der Waals surface area contributed by atoms with Crippen molar-refractivity contribution in [3.63, 3.8) is 0 Å². The van der Waals surface area contributed by atoms with Crippen LogP contribution in [0.4, 0.5) is 5.69 Å². The monoisotopic (exact) mass is 457 g/mol. The van der Waals surface area contributed by atoms with Crippen LogP contribution in [-0.2, 0) is 9.59 Å². The lowest BCUT2D eigenvalue weighted by Gasteiger charge is -2.27. The van der Waals surface area contributed by atoms with Crippen LogP contribution in [0.1, 0.15) is 36.6 Å². The van der Waals surface area contributed by atoms with E-state index in [2.05, 4.69) is 0 Å². The number of para-hydroxylation sites is 2. The number of hydrogen-bond acceptors (Lipinski definition) is 5. The number of Topliss-reactive ketones (excluding diaryl/α,β-unsaturated/α-hetero) is 1. The zero-order valence-electron chi connectivity index (χ0n) is 19.6. The van der Waals surface area contributed by atoms with Gasteiger partial charge in [-0.2, -0.15) is 0 Å². The topological polar surface area (TPSA) is 76.1 Å². The van der Waals surface area contributed by atoms with Crippen molar-refractivity contribution in [1.29, 1.82) is 0 Å². The first-order valence-corrected chi connectivity index (χ1v) is 11.1. The number of benzene rings is 3. The number of nitrogens with zero attached hydrogens (tertiary/aromatic N) is 1. The molecule has 4 rings (SSSR count). The number of carbonyl (C=O) groups excluding carboxylic acids is 2. The molecule has 0 bridgehead atoms. The molecule has 3 aromatic rings. The number of hydrogen-bond donors (Lipinski definition) is 1. The van der Waals surface area contributed by atoms with Gasteiger partial charge in [-0.25, -0.2) is 0 Å². The summed E-state index contributed by atoms with van der Waals surface area (Å²) in [5.74, 6) is -0.610. The number of aryl methyl sites for hydroxylation is 1. The van der Waals surface area contributed by atoms with Gasteiger partial charge in [0.05, 0.1) is 30.5 Å². The fourth-order valence-electron chi connectivity index (χ4n) is 4.18. The summed E-state index contributed by atoms with van der Waals surface area (Å²) in [5, 5.41) is 11.3. The van der Waals surface area contributed by atoms with Crippen molar-refractivity contribution >= 4 is 23.1 Å². The maximum absolute atomic E-state index is 13.3. The number of rotatable bonds is 6. The van der Waals surface area contributed by atoms with Crippen LogP contribution in [0.15, 0.2) is 78.4 Å². The van der Waals surface area contributed by atoms with Gasteiger partial charge in [0, 0.05) is 5.56 Å². The second-order valence-electron chi connectivity index (χ2n) is 8.45. The van der Waals surface area contributed by atoms with Gasteiger partial charge in [0.1, 0.15) is 17.3 Å². The Kier molecular flexibility index (Phi) is 6.41. The second-order valence-corrected chi connectivity index (χ2v) is 8.45. The molecule has 1 fully saturated rings. The van der Waals surface area contributed by atoms with Crippen molar-refractivity contribution in [2.75, 3.05) is 12.0 Å². The predicted octanol–water partition coefficient (Wildman–Crippen LogP) is 5.42. The van der Waals surface area contributed by atoms with Gasteiger partial charge in [0.2, 0.25) is 0 Å². The van der Waals surface area contributed by atoms with E-state index in [1.807, 2.05) is 45.0 Å². The normalized spacial score (nSPS) is 17.3. The van der Waals surface area contributed by atoms with E-state index in [1.165, 1.54) is 12.0 Å². The molecule has 1 saturated heterocycles. The molecule has 1 heterocycles. The van der Waals surface area contributed by atoms with Gasteiger partial charge in [-0.1, -0.05) is 42.0 Å². The third-order valence-corrected chi connectivity index (χ3v) is 5.65. The van der Waals surface area contributed by atoms with Crippen LogP contribution in [0.3, 0.4) is 0 Å². The fourth-order valence-corrected chi connectivity index (χ4v) is 4.18. The Hall–Kier alpha value is -4.06. The van der Waals surface area contributed by atoms with Crippen molar-refractivity contribution in [2.45, 2.75) is 32.9 Å². The molecule has 34 heavy (non-hydrogen) atoms. The van der Waals surface area contributed by atoms with Gasteiger partial charge in [-0.15, -0.1) is 0 Å². The van der Waals surface area contributed by atoms with Crippen molar-refractivity contribution in [3.05, 3.63) is 95.1 Å². The van der Waals surface area contributed by atoms with Crippen LogP contribution in [0.2, 0.25) is 0 Å². The van der Waals surface area contributed by atoms with E-state index in [0.717, 1.165) is 5.56 Å². The van der Waals surface area contributed by atoms with Crippen molar-refractivity contribution < 1.29 is 24.2 Å². The molecule has 1 aliphatic rings. The summed E-state index contributed by atoms with van der Waals surface area (Å²) < 4.78 is 11.2. The summed E-state index contributed by atoms with van der Waals surface area (Å²) in [4.78, 5) is 28.0. The molecule has 1 unspecified atom stereocenters. The van der Waals surface area contributed by atoms with E-state index in [0.29, 0.717) is 28.3 Å². The Labute approximate surface area is 199 Å². The molecule has 6 heteroatoms. The summed E-state index contributed by atoms with van der Waals surface area (Å²) in [6, 6.07) is 20.6. The Bertz CT molecular complexity index is 1260. The van der Waals surface area contributed by atoms with Crippen LogP contribution in [0.5, 0.6) is 11.5 Å². The van der Waals surface area contributed by atoms with E-state index in [4.69, 9.17) is 9.47 Å². The molecule has 3 aromatic carbocycles. The molecule has 1 aliphatic heterocycles. The van der Waals surface area contributed by atoms with Gasteiger partial charge in [-0.3, -0.25) is 14.5 Å². The Morgan fingerprint density at radius 3 is 2.32 bits per heavy atom. The molecule has 0 saturated carbocycles. The molecule has 0 spiro atoms. The first-order chi connectivity index (χ1) is 16.3. The Morgan fingerprint density at radius 2 is 1.68 bits per heavy atom. The highest BCUT2D eigenvalue weighted by Gasteiger charge is 2.47.